The van der Waals surface area contributed by atoms with Gasteiger partial charge in [-0.3, -0.25) is 0 Å². The number of hydrogen-bond donors (Lipinski definition) is 0. The maximum atomic E-state index is 6.04. The van der Waals surface area contributed by atoms with Crippen molar-refractivity contribution in [2.45, 2.75) is 97.7 Å². The van der Waals surface area contributed by atoms with E-state index in [4.69, 9.17) is 23.3 Å². The Morgan fingerprint density at radius 2 is 1.05 bits per heavy atom. The second kappa shape index (κ2) is 11.3. The van der Waals surface area contributed by atoms with Crippen LogP contribution in [0.25, 0.3) is 18.8 Å². The van der Waals surface area contributed by atoms with E-state index in [0.29, 0.717) is 0 Å². The lowest BCUT2D eigenvalue weighted by Gasteiger charge is -2.32. The average molecular weight is 592 g/mol. The average Bonchev–Trinajstić information content (AvgIpc) is 3.55. The molecule has 38 heavy (non-hydrogen) atoms. The van der Waals surface area contributed by atoms with Crippen molar-refractivity contribution < 1.29 is 23.3 Å². The van der Waals surface area contributed by atoms with Crippen LogP contribution in [0.3, 0.4) is 0 Å². The molecular formula is C27H38B2O5S4. The zero-order valence-corrected chi connectivity index (χ0v) is 27.2. The maximum Gasteiger partial charge on any atom is 0.640 e. The summed E-state index contributed by atoms with van der Waals surface area (Å²) in [4.78, 5) is 0. The lowest BCUT2D eigenvalue weighted by Crippen LogP contribution is -2.41. The molecule has 2 fully saturated rings. The zero-order valence-electron chi connectivity index (χ0n) is 23.9. The number of rotatable bonds is 3. The molecule has 2 saturated heterocycles. The first-order chi connectivity index (χ1) is 17.6. The fraction of sp³-hybridized carbons (Fsp3) is 0.556. The molecule has 2 aliphatic heterocycles. The lowest BCUT2D eigenvalue weighted by molar-refractivity contribution is 0.00578. The molecule has 5 nitrogen and oxygen atoms in total. The van der Waals surface area contributed by atoms with Crippen molar-refractivity contribution in [2.75, 3.05) is 0 Å². The first-order valence-corrected chi connectivity index (χ1v) is 16.3. The molecule has 0 bridgehead atoms. The highest BCUT2D eigenvalue weighted by molar-refractivity contribution is 7.32. The molecule has 4 aromatic rings. The summed E-state index contributed by atoms with van der Waals surface area (Å²) in [6.07, 6.45) is 0.120. The molecule has 6 heterocycles. The van der Waals surface area contributed by atoms with Gasteiger partial charge in [-0.2, -0.15) is 0 Å². The second-order valence-corrected chi connectivity index (χ2v) is 15.6. The van der Waals surface area contributed by atoms with E-state index in [-0.39, 0.29) is 35.6 Å². The Morgan fingerprint density at radius 3 is 1.50 bits per heavy atom. The van der Waals surface area contributed by atoms with Gasteiger partial charge in [-0.25, -0.2) is 0 Å². The first-order valence-electron chi connectivity index (χ1n) is 12.8. The summed E-state index contributed by atoms with van der Waals surface area (Å²) in [6.45, 7) is 20.3. The predicted molar refractivity (Wildman–Crippen MR) is 167 cm³/mol. The highest BCUT2D eigenvalue weighted by atomic mass is 32.1. The molecule has 0 unspecified atom stereocenters. The molecule has 0 amide bonds. The molecule has 0 saturated carbocycles. The van der Waals surface area contributed by atoms with E-state index in [9.17, 15) is 0 Å². The Labute approximate surface area is 243 Å². The summed E-state index contributed by atoms with van der Waals surface area (Å²) in [5.41, 5.74) is -1.11. The summed E-state index contributed by atoms with van der Waals surface area (Å²) >= 11 is 7.14. The second-order valence-electron chi connectivity index (χ2n) is 11.7. The molecule has 0 radical (unpaired) electrons. The van der Waals surface area contributed by atoms with Gasteiger partial charge in [0.1, 0.15) is 0 Å². The van der Waals surface area contributed by atoms with Gasteiger partial charge in [0.05, 0.1) is 22.4 Å². The predicted octanol–water partition coefficient (Wildman–Crippen LogP) is 8.23. The Morgan fingerprint density at radius 1 is 0.632 bits per heavy atom. The molecule has 0 aliphatic carbocycles. The van der Waals surface area contributed by atoms with Crippen molar-refractivity contribution in [3.63, 3.8) is 0 Å². The van der Waals surface area contributed by atoms with Crippen LogP contribution in [0.1, 0.15) is 69.2 Å². The van der Waals surface area contributed by atoms with Gasteiger partial charge < -0.3 is 23.3 Å². The Bertz CT molecular complexity index is 1220. The Kier molecular flexibility index (Phi) is 8.95. The van der Waals surface area contributed by atoms with Crippen molar-refractivity contribution in [3.8, 4) is 0 Å². The van der Waals surface area contributed by atoms with Gasteiger partial charge in [-0.1, -0.05) is 0 Å². The lowest BCUT2D eigenvalue weighted by atomic mass is 9.88. The summed E-state index contributed by atoms with van der Waals surface area (Å²) < 4.78 is 35.4. The SMILES string of the molecule is CC(C)OB1OC(C)(C)C(C)(C)O1.CC1(C)OB(c2cc3sccc3s2)OC1(C)C.c1cc2sccc2s1. The number of hydrogen-bond acceptors (Lipinski definition) is 9. The van der Waals surface area contributed by atoms with Crippen molar-refractivity contribution in [2.24, 2.45) is 0 Å². The minimum absolute atomic E-state index is 0.120. The highest BCUT2D eigenvalue weighted by Crippen LogP contribution is 2.38. The van der Waals surface area contributed by atoms with Crippen molar-refractivity contribution in [1.82, 2.24) is 0 Å². The van der Waals surface area contributed by atoms with Crippen LogP contribution in [-0.4, -0.2) is 42.9 Å². The van der Waals surface area contributed by atoms with Gasteiger partial charge in [0.15, 0.2) is 0 Å². The molecule has 0 spiro atoms. The summed E-state index contributed by atoms with van der Waals surface area (Å²) in [6, 6.07) is 8.65. The Balaban J connectivity index is 0.000000141. The molecular weight excluding hydrogens is 554 g/mol. The largest absolute Gasteiger partial charge is 0.640 e. The van der Waals surface area contributed by atoms with Crippen LogP contribution in [-0.2, 0) is 23.3 Å². The van der Waals surface area contributed by atoms with Gasteiger partial charge in [0.25, 0.3) is 0 Å². The van der Waals surface area contributed by atoms with E-state index in [1.165, 1.54) is 23.6 Å². The monoisotopic (exact) mass is 592 g/mol. The fourth-order valence-corrected chi connectivity index (χ4v) is 7.53. The van der Waals surface area contributed by atoms with Crippen molar-refractivity contribution in [1.29, 1.82) is 0 Å². The van der Waals surface area contributed by atoms with Gasteiger partial charge in [-0.05, 0) is 110 Å². The van der Waals surface area contributed by atoms with Crippen LogP contribution in [0, 0.1) is 0 Å². The molecule has 4 aromatic heterocycles. The minimum Gasteiger partial charge on any atom is -0.399 e. The van der Waals surface area contributed by atoms with Crippen LogP contribution in [0.15, 0.2) is 40.4 Å². The van der Waals surface area contributed by atoms with Crippen LogP contribution in [0.5, 0.6) is 0 Å². The molecule has 0 atom stereocenters. The molecule has 0 aromatic carbocycles. The quantitative estimate of drug-likeness (QED) is 0.224. The smallest absolute Gasteiger partial charge is 0.399 e. The maximum absolute atomic E-state index is 6.04. The molecule has 6 rings (SSSR count). The fourth-order valence-electron chi connectivity index (χ4n) is 3.62. The Hall–Kier alpha value is -0.750. The van der Waals surface area contributed by atoms with Crippen LogP contribution in [0.2, 0.25) is 0 Å². The van der Waals surface area contributed by atoms with Crippen molar-refractivity contribution in [3.05, 3.63) is 40.4 Å². The van der Waals surface area contributed by atoms with E-state index < -0.39 is 7.32 Å². The van der Waals surface area contributed by atoms with E-state index in [1.807, 2.05) is 41.5 Å². The summed E-state index contributed by atoms with van der Waals surface area (Å²) in [5.74, 6) is 0. The highest BCUT2D eigenvalue weighted by Gasteiger charge is 2.53. The van der Waals surface area contributed by atoms with Crippen LogP contribution >= 0.6 is 45.3 Å². The number of fused-ring (bicyclic) bond motifs is 2. The molecule has 11 heteroatoms. The third-order valence-corrected chi connectivity index (χ3v) is 11.3. The van der Waals surface area contributed by atoms with E-state index in [0.717, 1.165) is 0 Å². The van der Waals surface area contributed by atoms with Gasteiger partial charge in [0.2, 0.25) is 0 Å². The topological polar surface area (TPSA) is 46.2 Å². The normalized spacial score (nSPS) is 21.0. The van der Waals surface area contributed by atoms with Crippen molar-refractivity contribution >= 4 is 83.4 Å². The van der Waals surface area contributed by atoms with E-state index in [1.54, 1.807) is 45.3 Å². The number of thiophene rings is 4. The molecule has 206 valence electrons. The minimum atomic E-state index is -0.523. The van der Waals surface area contributed by atoms with Crippen LogP contribution in [0.4, 0.5) is 0 Å². The van der Waals surface area contributed by atoms with Gasteiger partial charge in [0, 0.05) is 29.7 Å². The standard InChI is InChI=1S/C12H15BO2S2.C9H19BO3.C6H4S2/c1-11(2)12(3,4)15-13(14-11)10-7-9-8(17-10)5-6-16-9;1-7(2)11-10-12-8(3,4)9(5,6)13-10;1-3-7-6-2-4-8-5(1)6/h5-7H,1-4H3;7H,1-6H3;1-4H. The van der Waals surface area contributed by atoms with Gasteiger partial charge >= 0.3 is 14.4 Å². The summed E-state index contributed by atoms with van der Waals surface area (Å²) in [5, 5.41) is 6.37. The van der Waals surface area contributed by atoms with Gasteiger partial charge in [-0.15, -0.1) is 45.3 Å². The summed E-state index contributed by atoms with van der Waals surface area (Å²) in [7, 11) is -0.741. The molecule has 0 N–H and O–H groups in total. The zero-order chi connectivity index (χ0) is 27.9. The third-order valence-electron chi connectivity index (χ3n) is 7.33. The van der Waals surface area contributed by atoms with E-state index >= 15 is 0 Å². The van der Waals surface area contributed by atoms with Crippen LogP contribution < -0.4 is 4.78 Å². The molecule has 2 aliphatic rings. The third kappa shape index (κ3) is 6.58. The first kappa shape index (κ1) is 30.2. The van der Waals surface area contributed by atoms with E-state index in [2.05, 4.69) is 68.1 Å².